The van der Waals surface area contributed by atoms with Gasteiger partial charge in [0.25, 0.3) is 0 Å². The zero-order chi connectivity index (χ0) is 14.4. The summed E-state index contributed by atoms with van der Waals surface area (Å²) in [6, 6.07) is 3.85. The van der Waals surface area contributed by atoms with E-state index in [0.717, 1.165) is 0 Å². The molecule has 0 spiro atoms. The zero-order valence-electron chi connectivity index (χ0n) is 11.6. The van der Waals surface area contributed by atoms with E-state index in [2.05, 4.69) is 5.32 Å². The molecule has 0 aromatic heterocycles. The minimum Gasteiger partial charge on any atom is -0.464 e. The van der Waals surface area contributed by atoms with Crippen molar-refractivity contribution >= 4 is 17.3 Å². The van der Waals surface area contributed by atoms with Gasteiger partial charge in [0.05, 0.1) is 12.3 Å². The normalized spacial score (nSPS) is 12.3. The molecule has 0 aliphatic heterocycles. The first kappa shape index (κ1) is 15.3. The second-order valence-corrected chi connectivity index (χ2v) is 4.81. The third-order valence-corrected chi connectivity index (χ3v) is 2.62. The van der Waals surface area contributed by atoms with Crippen LogP contribution in [0.5, 0.6) is 0 Å². The minimum atomic E-state index is -0.470. The van der Waals surface area contributed by atoms with Crippen molar-refractivity contribution in [3.8, 4) is 0 Å². The van der Waals surface area contributed by atoms with E-state index in [9.17, 15) is 9.18 Å². The van der Waals surface area contributed by atoms with Crippen LogP contribution in [0.1, 0.15) is 27.2 Å². The Labute approximate surface area is 113 Å². The smallest absolute Gasteiger partial charge is 0.328 e. The molecule has 0 amide bonds. The first-order chi connectivity index (χ1) is 8.93. The molecule has 106 valence electrons. The minimum absolute atomic E-state index is 0.0529. The highest BCUT2D eigenvalue weighted by Gasteiger charge is 2.21. The van der Waals surface area contributed by atoms with E-state index in [0.29, 0.717) is 24.6 Å². The molecule has 0 saturated heterocycles. The number of rotatable bonds is 6. The quantitative estimate of drug-likeness (QED) is 0.615. The molecule has 4 nitrogen and oxygen atoms in total. The highest BCUT2D eigenvalue weighted by molar-refractivity contribution is 5.79. The average Bonchev–Trinajstić information content (AvgIpc) is 2.33. The predicted molar refractivity (Wildman–Crippen MR) is 74.3 cm³/mol. The maximum atomic E-state index is 13.1. The summed E-state index contributed by atoms with van der Waals surface area (Å²) in [5.41, 5.74) is 6.16. The predicted octanol–water partition coefficient (Wildman–Crippen LogP) is 2.80. The van der Waals surface area contributed by atoms with E-state index in [1.54, 1.807) is 13.0 Å². The molecule has 1 atom stereocenters. The Kier molecular flexibility index (Phi) is 5.60. The lowest BCUT2D eigenvalue weighted by atomic mass is 10.0. The van der Waals surface area contributed by atoms with Crippen LogP contribution in [0, 0.1) is 11.7 Å². The van der Waals surface area contributed by atoms with E-state index < -0.39 is 11.9 Å². The molecular formula is C14H21FN2O2. The number of nitrogens with one attached hydrogen (secondary N) is 1. The summed E-state index contributed by atoms with van der Waals surface area (Å²) in [5.74, 6) is -0.444. The molecule has 3 N–H and O–H groups in total. The number of benzene rings is 1. The van der Waals surface area contributed by atoms with Crippen molar-refractivity contribution in [2.24, 2.45) is 5.92 Å². The fourth-order valence-electron chi connectivity index (χ4n) is 1.76. The molecular weight excluding hydrogens is 247 g/mol. The van der Waals surface area contributed by atoms with Gasteiger partial charge in [0.15, 0.2) is 0 Å². The molecule has 0 saturated carbocycles. The fourth-order valence-corrected chi connectivity index (χ4v) is 1.76. The van der Waals surface area contributed by atoms with Gasteiger partial charge in [-0.3, -0.25) is 0 Å². The SMILES string of the molecule is CCOC(=O)C(CC(C)C)Nc1ccc(F)c(N)c1. The van der Waals surface area contributed by atoms with Crippen LogP contribution >= 0.6 is 0 Å². The Balaban J connectivity index is 2.80. The van der Waals surface area contributed by atoms with Gasteiger partial charge in [-0.1, -0.05) is 13.8 Å². The van der Waals surface area contributed by atoms with Crippen LogP contribution < -0.4 is 11.1 Å². The van der Waals surface area contributed by atoms with Crippen LogP contribution in [0.4, 0.5) is 15.8 Å². The Morgan fingerprint density at radius 1 is 1.47 bits per heavy atom. The van der Waals surface area contributed by atoms with Gasteiger partial charge in [-0.05, 0) is 37.5 Å². The number of halogens is 1. The Morgan fingerprint density at radius 3 is 2.68 bits per heavy atom. The number of hydrogen-bond acceptors (Lipinski definition) is 4. The Morgan fingerprint density at radius 2 is 2.16 bits per heavy atom. The lowest BCUT2D eigenvalue weighted by Gasteiger charge is -2.20. The average molecular weight is 268 g/mol. The van der Waals surface area contributed by atoms with Gasteiger partial charge in [-0.15, -0.1) is 0 Å². The number of hydrogen-bond donors (Lipinski definition) is 2. The van der Waals surface area contributed by atoms with Crippen molar-refractivity contribution in [1.29, 1.82) is 0 Å². The first-order valence-electron chi connectivity index (χ1n) is 6.42. The van der Waals surface area contributed by atoms with Crippen LogP contribution in [0.25, 0.3) is 0 Å². The molecule has 0 aliphatic carbocycles. The first-order valence-corrected chi connectivity index (χ1v) is 6.42. The van der Waals surface area contributed by atoms with Crippen LogP contribution in [0.15, 0.2) is 18.2 Å². The second-order valence-electron chi connectivity index (χ2n) is 4.81. The van der Waals surface area contributed by atoms with Gasteiger partial charge in [-0.25, -0.2) is 9.18 Å². The van der Waals surface area contributed by atoms with Gasteiger partial charge in [-0.2, -0.15) is 0 Å². The molecule has 0 fully saturated rings. The Bertz CT molecular complexity index is 435. The van der Waals surface area contributed by atoms with Gasteiger partial charge >= 0.3 is 5.97 Å². The lowest BCUT2D eigenvalue weighted by Crippen LogP contribution is -2.32. The Hall–Kier alpha value is -1.78. The molecule has 1 unspecified atom stereocenters. The summed E-state index contributed by atoms with van der Waals surface area (Å²) in [6.45, 7) is 6.14. The van der Waals surface area contributed by atoms with Gasteiger partial charge in [0.1, 0.15) is 11.9 Å². The maximum Gasteiger partial charge on any atom is 0.328 e. The maximum absolute atomic E-state index is 13.1. The number of carbonyl (C=O) groups is 1. The fraction of sp³-hybridized carbons (Fsp3) is 0.500. The third kappa shape index (κ3) is 4.77. The molecule has 0 radical (unpaired) electrons. The topological polar surface area (TPSA) is 64.3 Å². The van der Waals surface area contributed by atoms with Crippen molar-refractivity contribution < 1.29 is 13.9 Å². The molecule has 0 aliphatic rings. The summed E-state index contributed by atoms with van der Waals surface area (Å²) < 4.78 is 18.1. The van der Waals surface area contributed by atoms with Crippen molar-refractivity contribution in [1.82, 2.24) is 0 Å². The van der Waals surface area contributed by atoms with E-state index in [1.807, 2.05) is 13.8 Å². The third-order valence-electron chi connectivity index (χ3n) is 2.62. The van der Waals surface area contributed by atoms with E-state index >= 15 is 0 Å². The zero-order valence-corrected chi connectivity index (χ0v) is 11.6. The highest BCUT2D eigenvalue weighted by Crippen LogP contribution is 2.19. The molecule has 1 rings (SSSR count). The monoisotopic (exact) mass is 268 g/mol. The van der Waals surface area contributed by atoms with E-state index in [-0.39, 0.29) is 11.7 Å². The van der Waals surface area contributed by atoms with Crippen LogP contribution in [0.3, 0.4) is 0 Å². The van der Waals surface area contributed by atoms with Gasteiger partial charge in [0.2, 0.25) is 0 Å². The van der Waals surface area contributed by atoms with Crippen LogP contribution in [0.2, 0.25) is 0 Å². The molecule has 1 aromatic carbocycles. The lowest BCUT2D eigenvalue weighted by molar-refractivity contribution is -0.144. The summed E-state index contributed by atoms with van der Waals surface area (Å²) in [6.07, 6.45) is 0.635. The summed E-state index contributed by atoms with van der Waals surface area (Å²) in [7, 11) is 0. The molecule has 0 heterocycles. The van der Waals surface area contributed by atoms with Crippen molar-refractivity contribution in [3.63, 3.8) is 0 Å². The summed E-state index contributed by atoms with van der Waals surface area (Å²) >= 11 is 0. The van der Waals surface area contributed by atoms with Crippen LogP contribution in [-0.4, -0.2) is 18.6 Å². The number of esters is 1. The second kappa shape index (κ2) is 6.97. The van der Waals surface area contributed by atoms with Crippen molar-refractivity contribution in [2.45, 2.75) is 33.2 Å². The number of anilines is 2. The largest absolute Gasteiger partial charge is 0.464 e. The number of nitrogen functional groups attached to an aromatic ring is 1. The van der Waals surface area contributed by atoms with E-state index in [4.69, 9.17) is 10.5 Å². The van der Waals surface area contributed by atoms with Crippen molar-refractivity contribution in [3.05, 3.63) is 24.0 Å². The molecule has 5 heteroatoms. The number of carbonyl (C=O) groups excluding carboxylic acids is 1. The molecule has 19 heavy (non-hydrogen) atoms. The highest BCUT2D eigenvalue weighted by atomic mass is 19.1. The van der Waals surface area contributed by atoms with Gasteiger partial charge in [0, 0.05) is 5.69 Å². The molecule has 0 bridgehead atoms. The summed E-state index contributed by atoms with van der Waals surface area (Å²) in [5, 5.41) is 3.04. The number of ether oxygens (including phenoxy) is 1. The summed E-state index contributed by atoms with van der Waals surface area (Å²) in [4.78, 5) is 11.8. The van der Waals surface area contributed by atoms with Crippen molar-refractivity contribution in [2.75, 3.05) is 17.7 Å². The standard InChI is InChI=1S/C14H21FN2O2/c1-4-19-14(18)13(7-9(2)3)17-10-5-6-11(15)12(16)8-10/h5-6,8-9,13,17H,4,7,16H2,1-3H3. The van der Waals surface area contributed by atoms with Gasteiger partial charge < -0.3 is 15.8 Å². The molecule has 1 aromatic rings. The number of nitrogens with two attached hydrogens (primary N) is 1. The van der Waals surface area contributed by atoms with E-state index in [1.165, 1.54) is 12.1 Å². The van der Waals surface area contributed by atoms with Crippen LogP contribution in [-0.2, 0) is 9.53 Å².